The molecule has 0 bridgehead atoms. The second kappa shape index (κ2) is 7.31. The van der Waals surface area contributed by atoms with Crippen molar-refractivity contribution in [2.75, 3.05) is 19.7 Å². The van der Waals surface area contributed by atoms with Gasteiger partial charge in [-0.2, -0.15) is 5.10 Å². The van der Waals surface area contributed by atoms with Crippen LogP contribution in [0.15, 0.2) is 66.7 Å². The predicted molar refractivity (Wildman–Crippen MR) is 118 cm³/mol. The van der Waals surface area contributed by atoms with Gasteiger partial charge in [0, 0.05) is 25.1 Å². The van der Waals surface area contributed by atoms with Crippen molar-refractivity contribution < 1.29 is 14.3 Å². The Morgan fingerprint density at radius 3 is 2.56 bits per heavy atom. The Kier molecular flexibility index (Phi) is 4.40. The van der Waals surface area contributed by atoms with Gasteiger partial charge in [0.15, 0.2) is 5.72 Å². The second-order valence-electron chi connectivity index (χ2n) is 8.59. The van der Waals surface area contributed by atoms with Gasteiger partial charge in [-0.15, -0.1) is 0 Å². The first-order valence-electron chi connectivity index (χ1n) is 11.1. The molecule has 0 radical (unpaired) electrons. The van der Waals surface area contributed by atoms with Crippen LogP contribution in [-0.4, -0.2) is 62.9 Å². The van der Waals surface area contributed by atoms with Gasteiger partial charge in [0.2, 0.25) is 5.91 Å². The number of hydrogen-bond donors (Lipinski definition) is 0. The van der Waals surface area contributed by atoms with E-state index in [4.69, 9.17) is 9.84 Å². The van der Waals surface area contributed by atoms with Crippen LogP contribution in [-0.2, 0) is 9.53 Å². The average molecular weight is 428 g/mol. The van der Waals surface area contributed by atoms with Crippen molar-refractivity contribution in [2.45, 2.75) is 31.0 Å². The highest BCUT2D eigenvalue weighted by Crippen LogP contribution is 2.45. The molecule has 2 aromatic carbocycles. The molecule has 3 fully saturated rings. The quantitative estimate of drug-likeness (QED) is 0.643. The van der Waals surface area contributed by atoms with E-state index in [1.54, 1.807) is 4.68 Å². The molecular formula is C25H24N4O3. The van der Waals surface area contributed by atoms with Gasteiger partial charge in [0.25, 0.3) is 5.91 Å². The number of aromatic nitrogens is 2. The summed E-state index contributed by atoms with van der Waals surface area (Å²) in [6, 6.07) is 21.1. The minimum absolute atomic E-state index is 0.0775. The zero-order valence-electron chi connectivity index (χ0n) is 17.7. The molecule has 1 aromatic heterocycles. The predicted octanol–water partition coefficient (Wildman–Crippen LogP) is 3.10. The van der Waals surface area contributed by atoms with Crippen molar-refractivity contribution in [2.24, 2.45) is 0 Å². The highest BCUT2D eigenvalue weighted by Gasteiger charge is 2.61. The summed E-state index contributed by atoms with van der Waals surface area (Å²) in [6.45, 7) is 1.90. The summed E-state index contributed by atoms with van der Waals surface area (Å²) in [5, 5.41) is 4.78. The minimum Gasteiger partial charge on any atom is -0.353 e. The Morgan fingerprint density at radius 2 is 1.78 bits per heavy atom. The van der Waals surface area contributed by atoms with Gasteiger partial charge in [-0.1, -0.05) is 48.5 Å². The summed E-state index contributed by atoms with van der Waals surface area (Å²) in [6.07, 6.45) is 1.81. The molecule has 6 rings (SSSR count). The van der Waals surface area contributed by atoms with Crippen molar-refractivity contribution in [1.82, 2.24) is 19.6 Å². The lowest BCUT2D eigenvalue weighted by atomic mass is 10.0. The van der Waals surface area contributed by atoms with Crippen molar-refractivity contribution >= 4 is 11.8 Å². The van der Waals surface area contributed by atoms with Crippen LogP contribution in [0.3, 0.4) is 0 Å². The number of benzene rings is 2. The molecule has 3 saturated heterocycles. The van der Waals surface area contributed by atoms with Crippen LogP contribution in [0.2, 0.25) is 0 Å². The third-order valence-electron chi connectivity index (χ3n) is 6.87. The Morgan fingerprint density at radius 1 is 1.03 bits per heavy atom. The Hall–Kier alpha value is -3.45. The average Bonchev–Trinajstić information content (AvgIpc) is 3.51. The lowest BCUT2D eigenvalue weighted by molar-refractivity contribution is -0.179. The van der Waals surface area contributed by atoms with Gasteiger partial charge in [-0.25, -0.2) is 4.68 Å². The molecule has 3 aliphatic heterocycles. The smallest absolute Gasteiger partial charge is 0.273 e. The van der Waals surface area contributed by atoms with E-state index in [9.17, 15) is 9.59 Å². The lowest BCUT2D eigenvalue weighted by Crippen LogP contribution is -2.56. The number of para-hydroxylation sites is 1. The van der Waals surface area contributed by atoms with E-state index < -0.39 is 5.72 Å². The SMILES string of the molecule is O=C(c1cc(-c2ccccc2)nn1-c1ccccc1)N1CC[C@@]23OCCCN2C(=O)C[C@@H]13. The molecule has 7 nitrogen and oxygen atoms in total. The molecule has 32 heavy (non-hydrogen) atoms. The van der Waals surface area contributed by atoms with E-state index in [0.29, 0.717) is 38.2 Å². The van der Waals surface area contributed by atoms with Crippen LogP contribution >= 0.6 is 0 Å². The zero-order valence-corrected chi connectivity index (χ0v) is 17.7. The number of amides is 2. The highest BCUT2D eigenvalue weighted by molar-refractivity contribution is 5.96. The van der Waals surface area contributed by atoms with E-state index >= 15 is 0 Å². The van der Waals surface area contributed by atoms with E-state index in [2.05, 4.69) is 0 Å². The molecule has 0 N–H and O–H groups in total. The first-order valence-corrected chi connectivity index (χ1v) is 11.1. The van der Waals surface area contributed by atoms with Crippen LogP contribution in [0, 0.1) is 0 Å². The van der Waals surface area contributed by atoms with Gasteiger partial charge in [0.05, 0.1) is 30.5 Å². The molecule has 7 heteroatoms. The van der Waals surface area contributed by atoms with Crippen LogP contribution in [0.25, 0.3) is 16.9 Å². The summed E-state index contributed by atoms with van der Waals surface area (Å²) in [5.74, 6) is -0.0389. The fourth-order valence-electron chi connectivity index (χ4n) is 5.39. The summed E-state index contributed by atoms with van der Waals surface area (Å²) in [4.78, 5) is 30.3. The lowest BCUT2D eigenvalue weighted by Gasteiger charge is -2.42. The van der Waals surface area contributed by atoms with Gasteiger partial charge < -0.3 is 14.5 Å². The number of carbonyl (C=O) groups is 2. The zero-order chi connectivity index (χ0) is 21.7. The Balaban J connectivity index is 1.41. The molecule has 2 amide bonds. The fraction of sp³-hybridized carbons (Fsp3) is 0.320. The third kappa shape index (κ3) is 2.81. The van der Waals surface area contributed by atoms with Crippen LogP contribution in [0.1, 0.15) is 29.8 Å². The maximum atomic E-state index is 13.9. The Bertz CT molecular complexity index is 1180. The van der Waals surface area contributed by atoms with Gasteiger partial charge >= 0.3 is 0 Å². The molecule has 3 aliphatic rings. The molecule has 4 heterocycles. The third-order valence-corrected chi connectivity index (χ3v) is 6.87. The topological polar surface area (TPSA) is 67.7 Å². The largest absolute Gasteiger partial charge is 0.353 e. The normalized spacial score (nSPS) is 24.5. The Labute approximate surface area is 186 Å². The summed E-state index contributed by atoms with van der Waals surface area (Å²) in [7, 11) is 0. The monoisotopic (exact) mass is 428 g/mol. The highest BCUT2D eigenvalue weighted by atomic mass is 16.5. The van der Waals surface area contributed by atoms with Gasteiger partial charge in [-0.3, -0.25) is 9.59 Å². The van der Waals surface area contributed by atoms with E-state index in [1.807, 2.05) is 76.5 Å². The van der Waals surface area contributed by atoms with Crippen LogP contribution in [0.5, 0.6) is 0 Å². The van der Waals surface area contributed by atoms with E-state index in [0.717, 1.165) is 23.4 Å². The van der Waals surface area contributed by atoms with Gasteiger partial charge in [-0.05, 0) is 24.6 Å². The van der Waals surface area contributed by atoms with Gasteiger partial charge in [0.1, 0.15) is 5.69 Å². The summed E-state index contributed by atoms with van der Waals surface area (Å²) in [5.41, 5.74) is 2.35. The maximum Gasteiger partial charge on any atom is 0.273 e. The molecule has 2 atom stereocenters. The molecule has 3 aromatic rings. The molecule has 0 saturated carbocycles. The molecule has 162 valence electrons. The number of rotatable bonds is 3. The van der Waals surface area contributed by atoms with Crippen molar-refractivity contribution in [3.05, 3.63) is 72.4 Å². The molecular weight excluding hydrogens is 404 g/mol. The minimum atomic E-state index is -0.662. The maximum absolute atomic E-state index is 13.9. The number of hydrogen-bond acceptors (Lipinski definition) is 4. The molecule has 0 unspecified atom stereocenters. The van der Waals surface area contributed by atoms with Crippen molar-refractivity contribution in [3.63, 3.8) is 0 Å². The number of nitrogens with zero attached hydrogens (tertiary/aromatic N) is 4. The van der Waals surface area contributed by atoms with Crippen LogP contribution < -0.4 is 0 Å². The molecule has 1 spiro atoms. The molecule has 0 aliphatic carbocycles. The second-order valence-corrected chi connectivity index (χ2v) is 8.59. The van der Waals surface area contributed by atoms with Crippen molar-refractivity contribution in [3.8, 4) is 16.9 Å². The first-order chi connectivity index (χ1) is 15.7. The number of likely N-dealkylation sites (tertiary alicyclic amines) is 1. The number of carbonyl (C=O) groups excluding carboxylic acids is 2. The van der Waals surface area contributed by atoms with E-state index in [1.165, 1.54) is 0 Å². The first kappa shape index (κ1) is 19.3. The van der Waals surface area contributed by atoms with E-state index in [-0.39, 0.29) is 17.9 Å². The van der Waals surface area contributed by atoms with Crippen molar-refractivity contribution in [1.29, 1.82) is 0 Å². The van der Waals surface area contributed by atoms with Crippen LogP contribution in [0.4, 0.5) is 0 Å². The number of ether oxygens (including phenoxy) is 1. The fourth-order valence-corrected chi connectivity index (χ4v) is 5.39. The summed E-state index contributed by atoms with van der Waals surface area (Å²) < 4.78 is 7.89. The standard InChI is InChI=1S/C25H24N4O3/c30-23-17-22-25(28(23)13-7-15-32-25)12-14-27(22)24(31)21-16-20(18-8-3-1-4-9-18)26-29(21)19-10-5-2-6-11-19/h1-6,8-11,16,22H,7,12-15,17H2/t22-,25+/m1/s1. The summed E-state index contributed by atoms with van der Waals surface area (Å²) >= 11 is 0.